The average molecular weight is 351 g/mol. The number of carbonyl (C=O) groups excluding carboxylic acids is 4. The molecule has 10 nitrogen and oxygen atoms in total. The Morgan fingerprint density at radius 1 is 1.00 bits per heavy atom. The summed E-state index contributed by atoms with van der Waals surface area (Å²) in [4.78, 5) is 46.3. The number of amides is 4. The van der Waals surface area contributed by atoms with Crippen molar-refractivity contribution in [1.82, 2.24) is 10.6 Å². The Bertz CT molecular complexity index is 646. The van der Waals surface area contributed by atoms with E-state index in [0.29, 0.717) is 5.56 Å². The monoisotopic (exact) mass is 351 g/mol. The molecule has 25 heavy (non-hydrogen) atoms. The Hall–Kier alpha value is -3.14. The number of carbonyl (C=O) groups is 4. The first-order valence-electron chi connectivity index (χ1n) is 7.38. The molecule has 0 radical (unpaired) electrons. The van der Waals surface area contributed by atoms with E-state index >= 15 is 0 Å². The molecule has 1 rings (SSSR count). The maximum atomic E-state index is 12.3. The van der Waals surface area contributed by atoms with E-state index in [9.17, 15) is 24.3 Å². The fraction of sp³-hybridized carbons (Fsp3) is 0.333. The maximum Gasteiger partial charge on any atom is 0.243 e. The first-order chi connectivity index (χ1) is 11.7. The van der Waals surface area contributed by atoms with Gasteiger partial charge in [-0.15, -0.1) is 0 Å². The van der Waals surface area contributed by atoms with E-state index in [1.165, 1.54) is 12.1 Å². The summed E-state index contributed by atoms with van der Waals surface area (Å²) < 4.78 is 0. The van der Waals surface area contributed by atoms with Crippen molar-refractivity contribution in [3.8, 4) is 5.75 Å². The number of nitrogens with two attached hydrogens (primary N) is 3. The smallest absolute Gasteiger partial charge is 0.243 e. The largest absolute Gasteiger partial charge is 0.508 e. The number of nitrogens with one attached hydrogen (secondary N) is 2. The van der Waals surface area contributed by atoms with Gasteiger partial charge in [0.2, 0.25) is 23.6 Å². The fourth-order valence-corrected chi connectivity index (χ4v) is 2.03. The van der Waals surface area contributed by atoms with Gasteiger partial charge in [0.15, 0.2) is 0 Å². The Morgan fingerprint density at radius 3 is 2.08 bits per heavy atom. The molecule has 2 atom stereocenters. The van der Waals surface area contributed by atoms with Crippen molar-refractivity contribution in [3.05, 3.63) is 29.8 Å². The molecule has 0 fully saturated rings. The van der Waals surface area contributed by atoms with E-state index in [1.54, 1.807) is 12.1 Å². The van der Waals surface area contributed by atoms with Gasteiger partial charge in [-0.1, -0.05) is 12.1 Å². The summed E-state index contributed by atoms with van der Waals surface area (Å²) in [5.74, 6) is -3.01. The van der Waals surface area contributed by atoms with Crippen LogP contribution in [0.5, 0.6) is 5.75 Å². The minimum absolute atomic E-state index is 0.0504. The fourth-order valence-electron chi connectivity index (χ4n) is 2.03. The van der Waals surface area contributed by atoms with E-state index in [0.717, 1.165) is 0 Å². The van der Waals surface area contributed by atoms with Crippen molar-refractivity contribution < 1.29 is 24.3 Å². The topological polar surface area (TPSA) is 191 Å². The summed E-state index contributed by atoms with van der Waals surface area (Å²) in [6, 6.07) is 3.62. The Morgan fingerprint density at radius 2 is 1.60 bits per heavy atom. The van der Waals surface area contributed by atoms with Crippen LogP contribution in [-0.4, -0.2) is 47.4 Å². The zero-order valence-corrected chi connectivity index (χ0v) is 13.4. The zero-order chi connectivity index (χ0) is 19.0. The molecule has 0 saturated carbocycles. The van der Waals surface area contributed by atoms with E-state index in [-0.39, 0.29) is 18.7 Å². The second-order valence-electron chi connectivity index (χ2n) is 5.33. The normalized spacial score (nSPS) is 12.7. The molecule has 0 spiro atoms. The van der Waals surface area contributed by atoms with Gasteiger partial charge in [-0.3, -0.25) is 19.2 Å². The molecule has 0 saturated heterocycles. The van der Waals surface area contributed by atoms with Crippen LogP contribution < -0.4 is 27.8 Å². The van der Waals surface area contributed by atoms with Crippen LogP contribution in [0.15, 0.2) is 24.3 Å². The molecular weight excluding hydrogens is 330 g/mol. The number of benzene rings is 1. The van der Waals surface area contributed by atoms with Gasteiger partial charge in [0.1, 0.15) is 17.8 Å². The number of hydrogen-bond acceptors (Lipinski definition) is 6. The number of phenols is 1. The maximum absolute atomic E-state index is 12.3. The highest BCUT2D eigenvalue weighted by Crippen LogP contribution is 2.11. The second-order valence-corrected chi connectivity index (χ2v) is 5.33. The molecule has 0 bridgehead atoms. The Labute approximate surface area is 143 Å². The van der Waals surface area contributed by atoms with E-state index in [2.05, 4.69) is 10.6 Å². The Balaban J connectivity index is 2.83. The van der Waals surface area contributed by atoms with Crippen LogP contribution in [-0.2, 0) is 25.6 Å². The van der Waals surface area contributed by atoms with Gasteiger partial charge in [0.25, 0.3) is 0 Å². The summed E-state index contributed by atoms with van der Waals surface area (Å²) in [6.07, 6.45) is -0.391. The first-order valence-corrected chi connectivity index (χ1v) is 7.38. The van der Waals surface area contributed by atoms with Crippen LogP contribution in [0.2, 0.25) is 0 Å². The lowest BCUT2D eigenvalue weighted by Gasteiger charge is -2.21. The van der Waals surface area contributed by atoms with Gasteiger partial charge in [-0.2, -0.15) is 0 Å². The molecule has 136 valence electrons. The number of primary amides is 2. The lowest BCUT2D eigenvalue weighted by Crippen LogP contribution is -2.55. The van der Waals surface area contributed by atoms with Crippen LogP contribution >= 0.6 is 0 Å². The predicted octanol–water partition coefficient (Wildman–Crippen LogP) is -2.78. The molecular formula is C15H21N5O5. The van der Waals surface area contributed by atoms with Gasteiger partial charge >= 0.3 is 0 Å². The van der Waals surface area contributed by atoms with Gasteiger partial charge in [-0.05, 0) is 17.7 Å². The SMILES string of the molecule is NCC(=O)N[C@@H](CC(N)=O)C(=O)N[C@@H](Cc1ccc(O)cc1)C(N)=O. The van der Waals surface area contributed by atoms with Gasteiger partial charge < -0.3 is 32.9 Å². The second kappa shape index (κ2) is 9.23. The van der Waals surface area contributed by atoms with Crippen molar-refractivity contribution in [3.63, 3.8) is 0 Å². The van der Waals surface area contributed by atoms with Crippen molar-refractivity contribution in [1.29, 1.82) is 0 Å². The molecule has 1 aromatic carbocycles. The number of phenolic OH excluding ortho intramolecular Hbond substituents is 1. The lowest BCUT2D eigenvalue weighted by atomic mass is 10.0. The lowest BCUT2D eigenvalue weighted by molar-refractivity contribution is -0.132. The molecule has 4 amide bonds. The van der Waals surface area contributed by atoms with Crippen LogP contribution in [0.25, 0.3) is 0 Å². The quantitative estimate of drug-likeness (QED) is 0.279. The van der Waals surface area contributed by atoms with Gasteiger partial charge in [-0.25, -0.2) is 0 Å². The molecule has 0 aliphatic heterocycles. The van der Waals surface area contributed by atoms with Gasteiger partial charge in [0, 0.05) is 6.42 Å². The van der Waals surface area contributed by atoms with Crippen molar-refractivity contribution in [2.45, 2.75) is 24.9 Å². The minimum atomic E-state index is -1.27. The molecule has 0 aromatic heterocycles. The third kappa shape index (κ3) is 6.87. The highest BCUT2D eigenvalue weighted by Gasteiger charge is 2.26. The Kier molecular flexibility index (Phi) is 7.35. The van der Waals surface area contributed by atoms with E-state index < -0.39 is 42.1 Å². The van der Waals surface area contributed by atoms with Crippen molar-refractivity contribution >= 4 is 23.6 Å². The standard InChI is InChI=1S/C15H21N5O5/c16-7-13(23)19-11(6-12(17)22)15(25)20-10(14(18)24)5-8-1-3-9(21)4-2-8/h1-4,10-11,21H,5-7,16H2,(H2,17,22)(H2,18,24)(H,19,23)(H,20,25)/t10-,11-/m0/s1. The van der Waals surface area contributed by atoms with Crippen LogP contribution in [0, 0.1) is 0 Å². The van der Waals surface area contributed by atoms with Crippen molar-refractivity contribution in [2.24, 2.45) is 17.2 Å². The molecule has 0 aliphatic rings. The number of hydrogen-bond donors (Lipinski definition) is 6. The molecule has 10 heteroatoms. The summed E-state index contributed by atoms with van der Waals surface area (Å²) >= 11 is 0. The van der Waals surface area contributed by atoms with E-state index in [1.807, 2.05) is 0 Å². The third-order valence-corrected chi connectivity index (χ3v) is 3.28. The molecule has 9 N–H and O–H groups in total. The highest BCUT2D eigenvalue weighted by atomic mass is 16.3. The molecule has 0 aliphatic carbocycles. The summed E-state index contributed by atoms with van der Waals surface area (Å²) in [5, 5.41) is 13.9. The molecule has 0 unspecified atom stereocenters. The van der Waals surface area contributed by atoms with Crippen LogP contribution in [0.4, 0.5) is 0 Å². The minimum Gasteiger partial charge on any atom is -0.508 e. The van der Waals surface area contributed by atoms with Gasteiger partial charge in [0.05, 0.1) is 13.0 Å². The molecule has 0 heterocycles. The van der Waals surface area contributed by atoms with Crippen LogP contribution in [0.3, 0.4) is 0 Å². The first kappa shape index (κ1) is 19.9. The highest BCUT2D eigenvalue weighted by molar-refractivity contribution is 5.94. The summed E-state index contributed by atoms with van der Waals surface area (Å²) in [6.45, 7) is -0.380. The number of aromatic hydroxyl groups is 1. The number of rotatable bonds is 9. The molecule has 1 aromatic rings. The van der Waals surface area contributed by atoms with Crippen molar-refractivity contribution in [2.75, 3.05) is 6.54 Å². The summed E-state index contributed by atoms with van der Waals surface area (Å²) in [7, 11) is 0. The van der Waals surface area contributed by atoms with Crippen LogP contribution in [0.1, 0.15) is 12.0 Å². The zero-order valence-electron chi connectivity index (χ0n) is 13.4. The predicted molar refractivity (Wildman–Crippen MR) is 87.7 cm³/mol. The third-order valence-electron chi connectivity index (χ3n) is 3.28. The average Bonchev–Trinajstić information content (AvgIpc) is 2.54. The van der Waals surface area contributed by atoms with E-state index in [4.69, 9.17) is 17.2 Å². The summed E-state index contributed by atoms with van der Waals surface area (Å²) in [5.41, 5.74) is 16.1.